The van der Waals surface area contributed by atoms with Crippen molar-refractivity contribution in [2.45, 2.75) is 74.7 Å². The van der Waals surface area contributed by atoms with Crippen LogP contribution in [0, 0.1) is 0 Å². The van der Waals surface area contributed by atoms with Crippen molar-refractivity contribution in [3.8, 4) is 0 Å². The van der Waals surface area contributed by atoms with E-state index in [1.807, 2.05) is 0 Å². The van der Waals surface area contributed by atoms with Gasteiger partial charge in [0.1, 0.15) is 60.9 Å². The molecule has 2 unspecified atom stereocenters. The third kappa shape index (κ3) is 12.4. The average Bonchev–Trinajstić information content (AvgIpc) is 3.92. The van der Waals surface area contributed by atoms with Gasteiger partial charge in [0.05, 0.1) is 19.5 Å². The van der Waals surface area contributed by atoms with Crippen LogP contribution in [-0.2, 0) is 57.7 Å². The lowest BCUT2D eigenvalue weighted by Crippen LogP contribution is -2.49. The number of hydrogen-bond donors (Lipinski definition) is 8. The number of rotatable bonds is 20. The van der Waals surface area contributed by atoms with Gasteiger partial charge in [-0.3, -0.25) is 37.1 Å². The lowest BCUT2D eigenvalue weighted by atomic mass is 10.0. The first-order valence-corrected chi connectivity index (χ1v) is 22.0. The number of carbonyl (C=O) groups is 3. The number of phosphoric acid groups is 2. The second-order valence-electron chi connectivity index (χ2n) is 14.0. The highest BCUT2D eigenvalue weighted by molar-refractivity contribution is 7.47. The summed E-state index contributed by atoms with van der Waals surface area (Å²) in [7, 11) is -10.3. The van der Waals surface area contributed by atoms with Gasteiger partial charge in [-0.1, -0.05) is 36.4 Å². The third-order valence-electron chi connectivity index (χ3n) is 9.57. The van der Waals surface area contributed by atoms with Crippen molar-refractivity contribution < 1.29 is 71.1 Å². The summed E-state index contributed by atoms with van der Waals surface area (Å²) in [6.07, 6.45) is -5.32. The summed E-state index contributed by atoms with van der Waals surface area (Å²) < 4.78 is 59.6. The molecule has 0 saturated carbocycles. The molecule has 10 N–H and O–H groups in total. The monoisotopic (exact) mass is 922 g/mol. The van der Waals surface area contributed by atoms with Crippen molar-refractivity contribution in [1.82, 2.24) is 39.7 Å². The van der Waals surface area contributed by atoms with E-state index in [0.29, 0.717) is 12.0 Å². The van der Waals surface area contributed by atoms with E-state index in [-0.39, 0.29) is 42.1 Å². The van der Waals surface area contributed by atoms with Gasteiger partial charge in [-0.15, -0.1) is 6.58 Å². The number of aromatic nitrogens is 6. The number of nitrogens with zero attached hydrogens (tertiary/aromatic N) is 6. The number of allylic oxidation sites excluding steroid dienone is 1. The van der Waals surface area contributed by atoms with Crippen LogP contribution in [0.15, 0.2) is 72.7 Å². The number of nitrogen functional groups attached to an aromatic ring is 2. The summed E-state index contributed by atoms with van der Waals surface area (Å²) in [5, 5.41) is 16.6. The number of nitrogens with two attached hydrogens (primary N) is 2. The number of anilines is 2. The van der Waals surface area contributed by atoms with Gasteiger partial charge in [0.25, 0.3) is 0 Å². The van der Waals surface area contributed by atoms with Crippen LogP contribution in [0.3, 0.4) is 0 Å². The molecule has 3 aromatic heterocycles. The smallest absolute Gasteiger partial charge is 0.455 e. The first kappa shape index (κ1) is 47.0. The van der Waals surface area contributed by atoms with E-state index in [0.717, 1.165) is 10.9 Å². The van der Waals surface area contributed by atoms with E-state index in [9.17, 15) is 48.1 Å². The minimum atomic E-state index is -5.23. The lowest BCUT2D eigenvalue weighted by molar-refractivity contribution is -0.156. The van der Waals surface area contributed by atoms with Crippen molar-refractivity contribution in [1.29, 1.82) is 0 Å². The molecule has 26 nitrogen and oxygen atoms in total. The van der Waals surface area contributed by atoms with Crippen LogP contribution < -0.4 is 27.8 Å². The Balaban J connectivity index is 1.17. The number of aliphatic hydroxyl groups excluding tert-OH is 1. The van der Waals surface area contributed by atoms with Gasteiger partial charge in [0.15, 0.2) is 23.8 Å². The molecule has 2 amide bonds. The molecule has 28 heteroatoms. The zero-order valence-electron chi connectivity index (χ0n) is 33.0. The second-order valence-corrected chi connectivity index (χ2v) is 16.7. The topological polar surface area (TPSA) is 376 Å². The number of fused-ring (bicyclic) bond motifs is 1. The maximum Gasteiger partial charge on any atom is 0.472 e. The molecule has 340 valence electrons. The van der Waals surface area contributed by atoms with Gasteiger partial charge in [-0.25, -0.2) is 28.9 Å². The molecule has 0 aliphatic carbocycles. The molecule has 5 heterocycles. The highest BCUT2D eigenvalue weighted by Crippen LogP contribution is 2.50. The molecule has 0 radical (unpaired) electrons. The highest BCUT2D eigenvalue weighted by atomic mass is 31.2. The predicted molar refractivity (Wildman–Crippen MR) is 214 cm³/mol. The largest absolute Gasteiger partial charge is 0.472 e. The number of amides is 2. The van der Waals surface area contributed by atoms with Crippen molar-refractivity contribution in [3.63, 3.8) is 0 Å². The average molecular weight is 923 g/mol. The van der Waals surface area contributed by atoms with E-state index in [4.69, 9.17) is 34.7 Å². The van der Waals surface area contributed by atoms with Crippen LogP contribution >= 0.6 is 15.6 Å². The number of carbonyl (C=O) groups excluding carboxylic acids is 3. The molecule has 9 atom stereocenters. The molecule has 4 aromatic rings. The fourth-order valence-corrected chi connectivity index (χ4v) is 7.94. The maximum absolute atomic E-state index is 13.5. The Morgan fingerprint density at radius 2 is 1.76 bits per heavy atom. The van der Waals surface area contributed by atoms with Crippen molar-refractivity contribution in [3.05, 3.63) is 84.0 Å². The quantitative estimate of drug-likeness (QED) is 0.0303. The fourth-order valence-electron chi connectivity index (χ4n) is 6.64. The Bertz CT molecular complexity index is 2440. The van der Waals surface area contributed by atoms with Gasteiger partial charge in [0.2, 0.25) is 11.8 Å². The van der Waals surface area contributed by atoms with E-state index < -0.39 is 108 Å². The number of imidazole rings is 1. The summed E-state index contributed by atoms with van der Waals surface area (Å²) in [4.78, 5) is 97.0. The molecule has 0 bridgehead atoms. The number of phosphoric ester groups is 2. The van der Waals surface area contributed by atoms with Crippen LogP contribution in [0.2, 0.25) is 0 Å². The molecule has 2 fully saturated rings. The third-order valence-corrected chi connectivity index (χ3v) is 11.1. The fraction of sp³-hybridized carbons (Fsp3) is 0.429. The van der Waals surface area contributed by atoms with Gasteiger partial charge in [0, 0.05) is 25.5 Å². The minimum Gasteiger partial charge on any atom is -0.455 e. The minimum absolute atomic E-state index is 0.00849. The molecule has 2 aliphatic rings. The first-order valence-electron chi connectivity index (χ1n) is 18.9. The number of aliphatic hydroxyl groups is 1. The summed E-state index contributed by atoms with van der Waals surface area (Å²) in [5.74, 6) is -2.38. The SMILES string of the molecule is C=CCCC(=O)N[C@@H](Cc1ccccc1)C(=O)NCC(=O)OC1[C@@H](COP(=O)(O)O[C@@H]2C[C@H](n3ccc(N)nc3=O)O[C@@H]2COP(=O)(O)O)O[C@@H](n2cnc3c(N)ncnc32)[C@H]1O. The zero-order valence-corrected chi connectivity index (χ0v) is 34.8. The molecular formula is C35H44N10O16P2. The molecule has 6 rings (SSSR count). The zero-order chi connectivity index (χ0) is 45.5. The van der Waals surface area contributed by atoms with Gasteiger partial charge in [-0.2, -0.15) is 4.98 Å². The number of benzene rings is 1. The van der Waals surface area contributed by atoms with E-state index in [2.05, 4.69) is 41.7 Å². The van der Waals surface area contributed by atoms with Crippen molar-refractivity contribution in [2.24, 2.45) is 0 Å². The summed E-state index contributed by atoms with van der Waals surface area (Å²) in [6, 6.07) is 8.97. The lowest BCUT2D eigenvalue weighted by Gasteiger charge is -2.24. The molecule has 0 spiro atoms. The normalized spacial score (nSPS) is 23.8. The molecular weight excluding hydrogens is 878 g/mol. The van der Waals surface area contributed by atoms with E-state index in [1.54, 1.807) is 36.4 Å². The number of hydrogen-bond acceptors (Lipinski definition) is 19. The maximum atomic E-state index is 13.5. The van der Waals surface area contributed by atoms with Crippen LogP contribution in [0.1, 0.15) is 37.3 Å². The Morgan fingerprint density at radius 1 is 1.02 bits per heavy atom. The number of nitrogens with one attached hydrogen (secondary N) is 2. The molecule has 2 saturated heterocycles. The summed E-state index contributed by atoms with van der Waals surface area (Å²) in [6.45, 7) is 1.06. The molecule has 1 aromatic carbocycles. The van der Waals surface area contributed by atoms with Gasteiger partial charge in [-0.05, 0) is 18.1 Å². The summed E-state index contributed by atoms with van der Waals surface area (Å²) in [5.41, 5.74) is 11.6. The number of ether oxygens (including phenoxy) is 3. The first-order chi connectivity index (χ1) is 29.9. The summed E-state index contributed by atoms with van der Waals surface area (Å²) >= 11 is 0. The van der Waals surface area contributed by atoms with Crippen LogP contribution in [0.5, 0.6) is 0 Å². The van der Waals surface area contributed by atoms with Crippen molar-refractivity contribution in [2.75, 3.05) is 31.2 Å². The number of esters is 1. The Labute approximate surface area is 356 Å². The molecule has 2 aliphatic heterocycles. The Kier molecular flexibility index (Phi) is 15.2. The van der Waals surface area contributed by atoms with Crippen LogP contribution in [0.25, 0.3) is 11.2 Å². The van der Waals surface area contributed by atoms with Crippen LogP contribution in [0.4, 0.5) is 11.6 Å². The Hall–Kier alpha value is -5.50. The van der Waals surface area contributed by atoms with Crippen LogP contribution in [-0.4, -0.2) is 123 Å². The van der Waals surface area contributed by atoms with Gasteiger partial charge >= 0.3 is 27.3 Å². The predicted octanol–water partition coefficient (Wildman–Crippen LogP) is -0.873. The van der Waals surface area contributed by atoms with Gasteiger partial charge < -0.3 is 56.1 Å². The molecule has 63 heavy (non-hydrogen) atoms. The standard InChI is InChI=1S/C35H44N10O16P2/c1-2-3-9-25(46)42-20(12-19-7-5-4-6-8-19)33(49)38-14-27(47)60-30-23(59-34(29(30)48)45-18-41-28-31(37)39-17-40-32(28)45)16-57-63(54,55)61-21-13-26(44-11-10-24(36)43-35(44)50)58-22(21)15-56-62(51,52)53/h2,4-8,10-11,17-18,20-23,26,29-30,34,48H,1,3,9,12-16H2,(H,38,49)(H,42,46)(H,54,55)(H2,36,43,50)(H2,37,39,40)(H2,51,52,53)/t20-,21+,22+,23+,26+,29-,30?,34+/m0/s1. The van der Waals surface area contributed by atoms with E-state index in [1.165, 1.54) is 23.2 Å². The highest BCUT2D eigenvalue weighted by Gasteiger charge is 2.50. The van der Waals surface area contributed by atoms with Crippen molar-refractivity contribution >= 4 is 56.2 Å². The second kappa shape index (κ2) is 20.3. The Morgan fingerprint density at radius 3 is 2.48 bits per heavy atom. The van der Waals surface area contributed by atoms with E-state index >= 15 is 0 Å².